The molecule has 0 saturated heterocycles. The molecule has 0 radical (unpaired) electrons. The SMILES string of the molecule is CC(=O)Oc1ccc2occ(C=Nc3ncn[nH]3)c(=O)c2c1. The summed E-state index contributed by atoms with van der Waals surface area (Å²) < 4.78 is 10.3. The van der Waals surface area contributed by atoms with Crippen LogP contribution in [0.5, 0.6) is 5.75 Å². The lowest BCUT2D eigenvalue weighted by atomic mass is 10.2. The molecular weight excluding hydrogens is 288 g/mol. The number of benzene rings is 1. The van der Waals surface area contributed by atoms with Crippen molar-refractivity contribution < 1.29 is 13.9 Å². The monoisotopic (exact) mass is 298 g/mol. The molecular formula is C14H10N4O4. The number of aromatic amines is 1. The maximum absolute atomic E-state index is 12.4. The number of aliphatic imine (C=N–C) groups is 1. The molecule has 22 heavy (non-hydrogen) atoms. The van der Waals surface area contributed by atoms with Gasteiger partial charge in [0.1, 0.15) is 23.9 Å². The van der Waals surface area contributed by atoms with Crippen LogP contribution >= 0.6 is 0 Å². The smallest absolute Gasteiger partial charge is 0.308 e. The first-order valence-electron chi connectivity index (χ1n) is 6.27. The van der Waals surface area contributed by atoms with Crippen molar-refractivity contribution in [2.75, 3.05) is 0 Å². The number of esters is 1. The molecule has 1 aromatic carbocycles. The van der Waals surface area contributed by atoms with Gasteiger partial charge in [0.15, 0.2) is 0 Å². The summed E-state index contributed by atoms with van der Waals surface area (Å²) in [5, 5.41) is 6.48. The van der Waals surface area contributed by atoms with Gasteiger partial charge in [-0.1, -0.05) is 0 Å². The summed E-state index contributed by atoms with van der Waals surface area (Å²) in [6.07, 6.45) is 3.93. The summed E-state index contributed by atoms with van der Waals surface area (Å²) >= 11 is 0. The van der Waals surface area contributed by atoms with E-state index >= 15 is 0 Å². The second kappa shape index (κ2) is 5.60. The van der Waals surface area contributed by atoms with Gasteiger partial charge < -0.3 is 9.15 Å². The van der Waals surface area contributed by atoms with Crippen molar-refractivity contribution in [3.8, 4) is 5.75 Å². The molecule has 8 nitrogen and oxygen atoms in total. The molecule has 0 saturated carbocycles. The molecule has 0 amide bonds. The molecule has 0 aliphatic heterocycles. The highest BCUT2D eigenvalue weighted by molar-refractivity contribution is 5.88. The fourth-order valence-electron chi connectivity index (χ4n) is 1.84. The quantitative estimate of drug-likeness (QED) is 0.446. The van der Waals surface area contributed by atoms with Crippen molar-refractivity contribution in [3.63, 3.8) is 0 Å². The Bertz CT molecular complexity index is 912. The van der Waals surface area contributed by atoms with Gasteiger partial charge in [-0.25, -0.2) is 10.1 Å². The fourth-order valence-corrected chi connectivity index (χ4v) is 1.84. The number of carbonyl (C=O) groups is 1. The second-order valence-electron chi connectivity index (χ2n) is 4.34. The second-order valence-corrected chi connectivity index (χ2v) is 4.34. The van der Waals surface area contributed by atoms with Gasteiger partial charge in [-0.15, -0.1) is 0 Å². The van der Waals surface area contributed by atoms with Crippen LogP contribution in [0.25, 0.3) is 11.0 Å². The van der Waals surface area contributed by atoms with E-state index in [9.17, 15) is 9.59 Å². The number of ether oxygens (including phenoxy) is 1. The first kappa shape index (κ1) is 13.7. The Balaban J connectivity index is 2.03. The van der Waals surface area contributed by atoms with E-state index in [4.69, 9.17) is 9.15 Å². The number of hydrogen-bond acceptors (Lipinski definition) is 7. The zero-order valence-corrected chi connectivity index (χ0v) is 11.4. The number of carbonyl (C=O) groups excluding carboxylic acids is 1. The molecule has 8 heteroatoms. The Morgan fingerprint density at radius 1 is 1.45 bits per heavy atom. The van der Waals surface area contributed by atoms with Gasteiger partial charge in [0.05, 0.1) is 10.9 Å². The normalized spacial score (nSPS) is 11.1. The Kier molecular flexibility index (Phi) is 3.48. The van der Waals surface area contributed by atoms with Crippen LogP contribution < -0.4 is 10.2 Å². The van der Waals surface area contributed by atoms with Crippen LogP contribution in [0.15, 0.2) is 45.0 Å². The van der Waals surface area contributed by atoms with Crippen LogP contribution in [0.4, 0.5) is 5.95 Å². The minimum absolute atomic E-state index is 0.240. The summed E-state index contributed by atoms with van der Waals surface area (Å²) in [5.41, 5.74) is 0.333. The summed E-state index contributed by atoms with van der Waals surface area (Å²) in [5.74, 6) is 0.0801. The maximum Gasteiger partial charge on any atom is 0.308 e. The van der Waals surface area contributed by atoms with Gasteiger partial charge >= 0.3 is 5.97 Å². The molecule has 3 aromatic rings. The van der Waals surface area contributed by atoms with Gasteiger partial charge in [-0.05, 0) is 18.2 Å². The molecule has 0 atom stereocenters. The Hall–Kier alpha value is -3.29. The highest BCUT2D eigenvalue weighted by atomic mass is 16.5. The van der Waals surface area contributed by atoms with Gasteiger partial charge in [0.25, 0.3) is 0 Å². The van der Waals surface area contributed by atoms with E-state index in [0.717, 1.165) is 0 Å². The van der Waals surface area contributed by atoms with Crippen LogP contribution in [-0.4, -0.2) is 27.4 Å². The highest BCUT2D eigenvalue weighted by Gasteiger charge is 2.08. The topological polar surface area (TPSA) is 110 Å². The standard InChI is InChI=1S/C14H10N4O4/c1-8(19)22-10-2-3-12-11(4-10)13(20)9(6-21-12)5-15-14-16-7-17-18-14/h2-7H,1H3,(H,16,17,18). The van der Waals surface area contributed by atoms with Crippen molar-refractivity contribution in [2.24, 2.45) is 4.99 Å². The van der Waals surface area contributed by atoms with E-state index in [0.29, 0.717) is 11.0 Å². The van der Waals surface area contributed by atoms with Crippen molar-refractivity contribution in [1.82, 2.24) is 15.2 Å². The van der Waals surface area contributed by atoms with E-state index in [1.54, 1.807) is 12.1 Å². The number of nitrogens with zero attached hydrogens (tertiary/aromatic N) is 3. The third-order valence-corrected chi connectivity index (χ3v) is 2.76. The Labute approximate surface area is 123 Å². The van der Waals surface area contributed by atoms with Gasteiger partial charge in [0, 0.05) is 13.1 Å². The van der Waals surface area contributed by atoms with Crippen LogP contribution in [-0.2, 0) is 4.79 Å². The summed E-state index contributed by atoms with van der Waals surface area (Å²) in [7, 11) is 0. The number of hydrogen-bond donors (Lipinski definition) is 1. The van der Waals surface area contributed by atoms with Crippen LogP contribution in [0.3, 0.4) is 0 Å². The highest BCUT2D eigenvalue weighted by Crippen LogP contribution is 2.19. The molecule has 0 bridgehead atoms. The summed E-state index contributed by atoms with van der Waals surface area (Å²) in [6.45, 7) is 1.28. The molecule has 2 aromatic heterocycles. The largest absolute Gasteiger partial charge is 0.463 e. The summed E-state index contributed by atoms with van der Waals surface area (Å²) in [4.78, 5) is 31.2. The Morgan fingerprint density at radius 2 is 2.32 bits per heavy atom. The van der Waals surface area contributed by atoms with Crippen molar-refractivity contribution in [2.45, 2.75) is 6.92 Å². The predicted molar refractivity (Wildman–Crippen MR) is 77.4 cm³/mol. The summed E-state index contributed by atoms with van der Waals surface area (Å²) in [6, 6.07) is 4.57. The van der Waals surface area contributed by atoms with Gasteiger partial charge in [-0.2, -0.15) is 10.1 Å². The molecule has 0 aliphatic carbocycles. The van der Waals surface area contributed by atoms with E-state index in [1.165, 1.54) is 31.8 Å². The first-order chi connectivity index (χ1) is 10.6. The molecule has 3 rings (SSSR count). The van der Waals surface area contributed by atoms with Gasteiger partial charge in [0.2, 0.25) is 11.4 Å². The number of aromatic nitrogens is 3. The number of rotatable bonds is 3. The van der Waals surface area contributed by atoms with Gasteiger partial charge in [-0.3, -0.25) is 9.59 Å². The van der Waals surface area contributed by atoms with E-state index in [2.05, 4.69) is 20.2 Å². The maximum atomic E-state index is 12.4. The molecule has 0 unspecified atom stereocenters. The minimum atomic E-state index is -0.466. The minimum Gasteiger partial charge on any atom is -0.463 e. The van der Waals surface area contributed by atoms with Crippen molar-refractivity contribution in [3.05, 3.63) is 46.6 Å². The molecule has 2 heterocycles. The third-order valence-electron chi connectivity index (χ3n) is 2.76. The zero-order chi connectivity index (χ0) is 15.5. The zero-order valence-electron chi connectivity index (χ0n) is 11.4. The van der Waals surface area contributed by atoms with Crippen LogP contribution in [0, 0.1) is 0 Å². The molecule has 0 spiro atoms. The first-order valence-corrected chi connectivity index (χ1v) is 6.27. The predicted octanol–water partition coefficient (Wildman–Crippen LogP) is 1.59. The number of nitrogens with one attached hydrogen (secondary N) is 1. The van der Waals surface area contributed by atoms with Crippen molar-refractivity contribution >= 4 is 29.1 Å². The average Bonchev–Trinajstić information content (AvgIpc) is 3.00. The van der Waals surface area contributed by atoms with E-state index in [-0.39, 0.29) is 22.7 Å². The number of fused-ring (bicyclic) bond motifs is 1. The third kappa shape index (κ3) is 2.75. The molecule has 0 aliphatic rings. The average molecular weight is 298 g/mol. The lowest BCUT2D eigenvalue weighted by Crippen LogP contribution is -2.08. The van der Waals surface area contributed by atoms with Crippen LogP contribution in [0.1, 0.15) is 12.5 Å². The molecule has 110 valence electrons. The lowest BCUT2D eigenvalue weighted by molar-refractivity contribution is -0.131. The van der Waals surface area contributed by atoms with E-state index in [1.807, 2.05) is 0 Å². The fraction of sp³-hybridized carbons (Fsp3) is 0.0714. The lowest BCUT2D eigenvalue weighted by Gasteiger charge is -2.02. The Morgan fingerprint density at radius 3 is 3.05 bits per heavy atom. The van der Waals surface area contributed by atoms with E-state index < -0.39 is 5.97 Å². The molecule has 1 N–H and O–H groups in total. The molecule has 0 fully saturated rings. The van der Waals surface area contributed by atoms with Crippen LogP contribution in [0.2, 0.25) is 0 Å². The number of H-pyrrole nitrogens is 1. The van der Waals surface area contributed by atoms with Crippen molar-refractivity contribution in [1.29, 1.82) is 0 Å².